The molecule has 0 amide bonds. The minimum atomic E-state index is -0.162. The Morgan fingerprint density at radius 1 is 0.846 bits per heavy atom. The number of carbonyl (C=O) groups is 1. The van der Waals surface area contributed by atoms with E-state index in [1.54, 1.807) is 0 Å². The van der Waals surface area contributed by atoms with Gasteiger partial charge in [-0.3, -0.25) is 4.79 Å². The Labute approximate surface area is 162 Å². The highest BCUT2D eigenvalue weighted by atomic mass is 16.5. The maximum absolute atomic E-state index is 11.5. The van der Waals surface area contributed by atoms with E-state index in [0.717, 1.165) is 57.8 Å². The minimum Gasteiger partial charge on any atom is -0.466 e. The second-order valence-electron chi connectivity index (χ2n) is 7.44. The van der Waals surface area contributed by atoms with Crippen molar-refractivity contribution >= 4 is 5.97 Å². The van der Waals surface area contributed by atoms with Gasteiger partial charge in [-0.1, -0.05) is 83.8 Å². The predicted molar refractivity (Wildman–Crippen MR) is 111 cm³/mol. The van der Waals surface area contributed by atoms with E-state index < -0.39 is 0 Å². The second-order valence-corrected chi connectivity index (χ2v) is 7.44. The van der Waals surface area contributed by atoms with Crippen molar-refractivity contribution in [3.63, 3.8) is 0 Å². The first-order valence-electron chi connectivity index (χ1n) is 11.2. The topological polar surface area (TPSA) is 46.5 Å². The second kappa shape index (κ2) is 20.5. The van der Waals surface area contributed by atoms with Crippen molar-refractivity contribution in [2.45, 2.75) is 123 Å². The molecule has 0 saturated heterocycles. The van der Waals surface area contributed by atoms with Gasteiger partial charge in [-0.25, -0.2) is 0 Å². The highest BCUT2D eigenvalue weighted by Gasteiger charge is 2.02. The molecule has 0 unspecified atom stereocenters. The van der Waals surface area contributed by atoms with Crippen LogP contribution in [0.5, 0.6) is 0 Å². The number of esters is 1. The van der Waals surface area contributed by atoms with Crippen LogP contribution < -0.4 is 0 Å². The van der Waals surface area contributed by atoms with Gasteiger partial charge in [0.15, 0.2) is 0 Å². The highest BCUT2D eigenvalue weighted by Crippen LogP contribution is 2.11. The summed E-state index contributed by atoms with van der Waals surface area (Å²) in [6.07, 6.45) is 21.5. The lowest BCUT2D eigenvalue weighted by atomic mass is 10.1. The van der Waals surface area contributed by atoms with Gasteiger partial charge in [-0.2, -0.15) is 0 Å². The van der Waals surface area contributed by atoms with Crippen molar-refractivity contribution in [1.29, 1.82) is 0 Å². The number of ether oxygens (including phenoxy) is 1. The van der Waals surface area contributed by atoms with Crippen LogP contribution in [0, 0.1) is 0 Å². The molecule has 26 heavy (non-hydrogen) atoms. The fourth-order valence-electron chi connectivity index (χ4n) is 2.97. The lowest BCUT2D eigenvalue weighted by molar-refractivity contribution is -0.143. The van der Waals surface area contributed by atoms with Gasteiger partial charge < -0.3 is 9.84 Å². The molecule has 0 rings (SSSR count). The minimum absolute atomic E-state index is 0.0303. The van der Waals surface area contributed by atoms with Crippen LogP contribution in [0.25, 0.3) is 0 Å². The van der Waals surface area contributed by atoms with Gasteiger partial charge in [0.1, 0.15) is 0 Å². The molecule has 0 fully saturated rings. The Hall–Kier alpha value is -0.830. The van der Waals surface area contributed by atoms with E-state index in [9.17, 15) is 9.90 Å². The molecule has 1 N–H and O–H groups in total. The van der Waals surface area contributed by atoms with Gasteiger partial charge in [-0.05, 0) is 38.5 Å². The highest BCUT2D eigenvalue weighted by molar-refractivity contribution is 5.69. The summed E-state index contributed by atoms with van der Waals surface area (Å²) in [5, 5.41) is 9.88. The normalized spacial score (nSPS) is 12.6. The molecule has 0 aliphatic rings. The molecule has 0 saturated carbocycles. The van der Waals surface area contributed by atoms with Crippen LogP contribution in [-0.4, -0.2) is 23.8 Å². The van der Waals surface area contributed by atoms with Crippen molar-refractivity contribution in [3.05, 3.63) is 12.2 Å². The fourth-order valence-corrected chi connectivity index (χ4v) is 2.97. The first-order chi connectivity index (χ1) is 12.7. The van der Waals surface area contributed by atoms with Crippen molar-refractivity contribution in [2.75, 3.05) is 6.61 Å². The van der Waals surface area contributed by atoms with Gasteiger partial charge in [0.25, 0.3) is 0 Å². The Morgan fingerprint density at radius 3 is 2.27 bits per heavy atom. The van der Waals surface area contributed by atoms with Crippen LogP contribution in [0.3, 0.4) is 0 Å². The standard InChI is InChI=1S/C23H44O3/c1-3-5-7-14-18-22(24)19-15-12-10-8-9-11-13-16-20-23(25)26-21-17-6-4-2/h12,15,22,24H,3-11,13-14,16-21H2,1-2H3/b15-12-/t22-/m1/s1. The van der Waals surface area contributed by atoms with Gasteiger partial charge in [0, 0.05) is 6.42 Å². The van der Waals surface area contributed by atoms with Crippen LogP contribution in [-0.2, 0) is 9.53 Å². The number of hydrogen-bond donors (Lipinski definition) is 1. The Bertz CT molecular complexity index is 325. The molecule has 0 aromatic heterocycles. The first-order valence-corrected chi connectivity index (χ1v) is 11.2. The van der Waals surface area contributed by atoms with Crippen molar-refractivity contribution in [2.24, 2.45) is 0 Å². The first kappa shape index (κ1) is 25.2. The van der Waals surface area contributed by atoms with E-state index in [1.165, 1.54) is 38.5 Å². The number of allylic oxidation sites excluding steroid dienone is 1. The summed E-state index contributed by atoms with van der Waals surface area (Å²) in [5.74, 6) is -0.0303. The third-order valence-electron chi connectivity index (χ3n) is 4.73. The molecule has 0 spiro atoms. The summed E-state index contributed by atoms with van der Waals surface area (Å²) in [6, 6.07) is 0. The molecule has 0 radical (unpaired) electrons. The molecule has 0 aliphatic heterocycles. The molecular formula is C23H44O3. The van der Waals surface area contributed by atoms with E-state index in [0.29, 0.717) is 13.0 Å². The van der Waals surface area contributed by atoms with E-state index in [-0.39, 0.29) is 12.1 Å². The lowest BCUT2D eigenvalue weighted by Crippen LogP contribution is -2.05. The fraction of sp³-hybridized carbons (Fsp3) is 0.870. The van der Waals surface area contributed by atoms with E-state index in [4.69, 9.17) is 4.74 Å². The zero-order chi connectivity index (χ0) is 19.3. The smallest absolute Gasteiger partial charge is 0.305 e. The number of carbonyl (C=O) groups excluding carboxylic acids is 1. The average Bonchev–Trinajstić information content (AvgIpc) is 2.64. The molecule has 0 aromatic rings. The Morgan fingerprint density at radius 2 is 1.50 bits per heavy atom. The van der Waals surface area contributed by atoms with Gasteiger partial charge in [0.05, 0.1) is 12.7 Å². The maximum Gasteiger partial charge on any atom is 0.305 e. The third-order valence-corrected chi connectivity index (χ3v) is 4.73. The summed E-state index contributed by atoms with van der Waals surface area (Å²) in [6.45, 7) is 4.95. The molecule has 3 heteroatoms. The number of aliphatic hydroxyl groups excluding tert-OH is 1. The van der Waals surface area contributed by atoms with Crippen LogP contribution >= 0.6 is 0 Å². The lowest BCUT2D eigenvalue weighted by Gasteiger charge is -2.07. The zero-order valence-electron chi connectivity index (χ0n) is 17.5. The van der Waals surface area contributed by atoms with Gasteiger partial charge in [0.2, 0.25) is 0 Å². The molecule has 154 valence electrons. The third kappa shape index (κ3) is 19.5. The molecule has 0 heterocycles. The quantitative estimate of drug-likeness (QED) is 0.156. The van der Waals surface area contributed by atoms with Crippen LogP contribution in [0.2, 0.25) is 0 Å². The van der Waals surface area contributed by atoms with Crippen molar-refractivity contribution < 1.29 is 14.6 Å². The zero-order valence-corrected chi connectivity index (χ0v) is 17.5. The number of hydrogen-bond acceptors (Lipinski definition) is 3. The summed E-state index contributed by atoms with van der Waals surface area (Å²) >= 11 is 0. The molecule has 0 aromatic carbocycles. The average molecular weight is 369 g/mol. The monoisotopic (exact) mass is 368 g/mol. The predicted octanol–water partition coefficient (Wildman–Crippen LogP) is 6.73. The number of rotatable bonds is 19. The number of unbranched alkanes of at least 4 members (excludes halogenated alkanes) is 10. The van der Waals surface area contributed by atoms with Crippen molar-refractivity contribution in [1.82, 2.24) is 0 Å². The van der Waals surface area contributed by atoms with Gasteiger partial charge in [-0.15, -0.1) is 0 Å². The van der Waals surface area contributed by atoms with E-state index >= 15 is 0 Å². The SMILES string of the molecule is CCCCCC[C@@H](O)C/C=C\CCCCCCCC(=O)OCCCCC. The van der Waals surface area contributed by atoms with E-state index in [1.807, 2.05) is 0 Å². The molecule has 0 bridgehead atoms. The Kier molecular flexibility index (Phi) is 19.8. The summed E-state index contributed by atoms with van der Waals surface area (Å²) in [5.41, 5.74) is 0. The molecule has 1 atom stereocenters. The van der Waals surface area contributed by atoms with Crippen LogP contribution in [0.4, 0.5) is 0 Å². The molecule has 0 aliphatic carbocycles. The molecule has 3 nitrogen and oxygen atoms in total. The number of aliphatic hydroxyl groups is 1. The van der Waals surface area contributed by atoms with Crippen LogP contribution in [0.1, 0.15) is 117 Å². The summed E-state index contributed by atoms with van der Waals surface area (Å²) in [4.78, 5) is 11.5. The van der Waals surface area contributed by atoms with Gasteiger partial charge >= 0.3 is 5.97 Å². The Balaban J connectivity index is 3.30. The maximum atomic E-state index is 11.5. The van der Waals surface area contributed by atoms with E-state index in [2.05, 4.69) is 26.0 Å². The summed E-state index contributed by atoms with van der Waals surface area (Å²) in [7, 11) is 0. The van der Waals surface area contributed by atoms with Crippen molar-refractivity contribution in [3.8, 4) is 0 Å². The largest absolute Gasteiger partial charge is 0.466 e. The van der Waals surface area contributed by atoms with Crippen LogP contribution in [0.15, 0.2) is 12.2 Å². The summed E-state index contributed by atoms with van der Waals surface area (Å²) < 4.78 is 5.20. The molecular weight excluding hydrogens is 324 g/mol.